The SMILES string of the molecule is O=C(CCn1ccc(=O)[nH]c1=O)N(Cc1ccsc1)C[C@@H]1CCCO1. The van der Waals surface area contributed by atoms with E-state index in [9.17, 15) is 14.4 Å². The highest BCUT2D eigenvalue weighted by molar-refractivity contribution is 7.07. The number of carbonyl (C=O) groups excluding carboxylic acids is 1. The number of aryl methyl sites for hydroxylation is 1. The minimum absolute atomic E-state index is 0.0280. The molecule has 1 saturated heterocycles. The predicted octanol–water partition coefficient (Wildman–Crippen LogP) is 1.20. The number of hydrogen-bond acceptors (Lipinski definition) is 5. The number of ether oxygens (including phenoxy) is 1. The Kier molecular flexibility index (Phi) is 5.83. The zero-order valence-electron chi connectivity index (χ0n) is 13.8. The first kappa shape index (κ1) is 17.6. The molecule has 1 N–H and O–H groups in total. The second-order valence-electron chi connectivity index (χ2n) is 6.09. The van der Waals surface area contributed by atoms with E-state index < -0.39 is 11.2 Å². The molecule has 0 unspecified atom stereocenters. The molecule has 3 rings (SSSR count). The average molecular weight is 363 g/mol. The van der Waals surface area contributed by atoms with Gasteiger partial charge in [-0.15, -0.1) is 0 Å². The topological polar surface area (TPSA) is 84.4 Å². The maximum atomic E-state index is 12.7. The van der Waals surface area contributed by atoms with Gasteiger partial charge in [0.15, 0.2) is 0 Å². The molecule has 0 aliphatic carbocycles. The molecule has 1 amide bonds. The van der Waals surface area contributed by atoms with Gasteiger partial charge in [-0.25, -0.2) is 4.79 Å². The molecule has 1 atom stereocenters. The third kappa shape index (κ3) is 4.90. The van der Waals surface area contributed by atoms with Crippen molar-refractivity contribution >= 4 is 17.2 Å². The predicted molar refractivity (Wildman–Crippen MR) is 94.6 cm³/mol. The van der Waals surface area contributed by atoms with Gasteiger partial charge in [0.2, 0.25) is 5.91 Å². The zero-order chi connectivity index (χ0) is 17.6. The number of thiophene rings is 1. The number of H-pyrrole nitrogens is 1. The lowest BCUT2D eigenvalue weighted by Gasteiger charge is -2.25. The number of aromatic nitrogens is 2. The molecule has 0 radical (unpaired) electrons. The third-order valence-electron chi connectivity index (χ3n) is 4.22. The monoisotopic (exact) mass is 363 g/mol. The van der Waals surface area contributed by atoms with Crippen molar-refractivity contribution in [1.82, 2.24) is 14.5 Å². The fraction of sp³-hybridized carbons (Fsp3) is 0.471. The number of nitrogens with zero attached hydrogens (tertiary/aromatic N) is 2. The molecule has 0 saturated carbocycles. The second kappa shape index (κ2) is 8.26. The summed E-state index contributed by atoms with van der Waals surface area (Å²) in [6, 6.07) is 3.29. The van der Waals surface area contributed by atoms with E-state index in [-0.39, 0.29) is 25.0 Å². The molecule has 8 heteroatoms. The van der Waals surface area contributed by atoms with Crippen LogP contribution in [0.4, 0.5) is 0 Å². The zero-order valence-corrected chi connectivity index (χ0v) is 14.7. The first-order chi connectivity index (χ1) is 12.1. The fourth-order valence-electron chi connectivity index (χ4n) is 2.89. The number of rotatable bonds is 7. The molecule has 0 bridgehead atoms. The van der Waals surface area contributed by atoms with Gasteiger partial charge in [0.05, 0.1) is 6.10 Å². The van der Waals surface area contributed by atoms with E-state index in [4.69, 9.17) is 4.74 Å². The van der Waals surface area contributed by atoms with Gasteiger partial charge in [-0.05, 0) is 35.2 Å². The van der Waals surface area contributed by atoms with E-state index in [0.717, 1.165) is 25.0 Å². The van der Waals surface area contributed by atoms with E-state index in [0.29, 0.717) is 13.1 Å². The van der Waals surface area contributed by atoms with Gasteiger partial charge < -0.3 is 14.2 Å². The van der Waals surface area contributed by atoms with Crippen LogP contribution >= 0.6 is 11.3 Å². The molecule has 3 heterocycles. The van der Waals surface area contributed by atoms with Crippen molar-refractivity contribution in [1.29, 1.82) is 0 Å². The highest BCUT2D eigenvalue weighted by Gasteiger charge is 2.22. The molecular formula is C17H21N3O4S. The summed E-state index contributed by atoms with van der Waals surface area (Å²) in [5.74, 6) is -0.0280. The highest BCUT2D eigenvalue weighted by Crippen LogP contribution is 2.17. The normalized spacial score (nSPS) is 16.9. The molecule has 2 aromatic rings. The lowest BCUT2D eigenvalue weighted by Crippen LogP contribution is -2.38. The highest BCUT2D eigenvalue weighted by atomic mass is 32.1. The molecule has 1 aliphatic heterocycles. The summed E-state index contributed by atoms with van der Waals surface area (Å²) in [6.45, 7) is 2.09. The Morgan fingerprint density at radius 2 is 2.28 bits per heavy atom. The van der Waals surface area contributed by atoms with Crippen LogP contribution in [0.25, 0.3) is 0 Å². The Bertz CT molecular complexity index is 806. The summed E-state index contributed by atoms with van der Waals surface area (Å²) in [5.41, 5.74) is 0.159. The molecule has 7 nitrogen and oxygen atoms in total. The van der Waals surface area contributed by atoms with E-state index in [2.05, 4.69) is 4.98 Å². The van der Waals surface area contributed by atoms with Crippen molar-refractivity contribution in [2.45, 2.75) is 38.5 Å². The van der Waals surface area contributed by atoms with Crippen molar-refractivity contribution in [2.75, 3.05) is 13.2 Å². The van der Waals surface area contributed by atoms with Crippen molar-refractivity contribution in [3.8, 4) is 0 Å². The van der Waals surface area contributed by atoms with E-state index in [1.54, 1.807) is 16.2 Å². The van der Waals surface area contributed by atoms with Crippen LogP contribution in [-0.4, -0.2) is 39.6 Å². The van der Waals surface area contributed by atoms with Gasteiger partial charge in [0.1, 0.15) is 0 Å². The quantitative estimate of drug-likeness (QED) is 0.801. The minimum atomic E-state index is -0.496. The minimum Gasteiger partial charge on any atom is -0.376 e. The van der Waals surface area contributed by atoms with Crippen LogP contribution < -0.4 is 11.2 Å². The van der Waals surface area contributed by atoms with Gasteiger partial charge >= 0.3 is 5.69 Å². The number of hydrogen-bond donors (Lipinski definition) is 1. The standard InChI is InChI=1S/C17H21N3O4S/c21-15-3-6-19(17(23)18-15)7-4-16(22)20(10-13-5-9-25-12-13)11-14-2-1-8-24-14/h3,5-6,9,12,14H,1-2,4,7-8,10-11H2,(H,18,21,23)/t14-/m0/s1. The van der Waals surface area contributed by atoms with E-state index in [1.165, 1.54) is 16.8 Å². The Hall–Kier alpha value is -2.19. The van der Waals surface area contributed by atoms with Gasteiger partial charge in [-0.2, -0.15) is 11.3 Å². The molecule has 2 aromatic heterocycles. The molecule has 1 fully saturated rings. The van der Waals surface area contributed by atoms with E-state index >= 15 is 0 Å². The largest absolute Gasteiger partial charge is 0.376 e. The lowest BCUT2D eigenvalue weighted by molar-refractivity contribution is -0.133. The summed E-state index contributed by atoms with van der Waals surface area (Å²) >= 11 is 1.60. The smallest absolute Gasteiger partial charge is 0.328 e. The maximum absolute atomic E-state index is 12.7. The molecule has 0 aromatic carbocycles. The van der Waals surface area contributed by atoms with Crippen molar-refractivity contribution < 1.29 is 9.53 Å². The third-order valence-corrected chi connectivity index (χ3v) is 4.95. The van der Waals surface area contributed by atoms with Crippen LogP contribution in [0.3, 0.4) is 0 Å². The van der Waals surface area contributed by atoms with Gasteiger partial charge in [0.25, 0.3) is 5.56 Å². The summed E-state index contributed by atoms with van der Waals surface area (Å²) < 4.78 is 7.00. The van der Waals surface area contributed by atoms with Gasteiger partial charge in [-0.3, -0.25) is 14.6 Å². The molecular weight excluding hydrogens is 342 g/mol. The first-order valence-corrected chi connectivity index (χ1v) is 9.26. The maximum Gasteiger partial charge on any atom is 0.328 e. The summed E-state index contributed by atoms with van der Waals surface area (Å²) in [4.78, 5) is 39.5. The van der Waals surface area contributed by atoms with Crippen LogP contribution in [0.15, 0.2) is 38.7 Å². The number of carbonyl (C=O) groups is 1. The molecule has 1 aliphatic rings. The molecule has 0 spiro atoms. The van der Waals surface area contributed by atoms with Crippen LogP contribution in [0, 0.1) is 0 Å². The molecule has 25 heavy (non-hydrogen) atoms. The Labute approximate surface area is 148 Å². The lowest BCUT2D eigenvalue weighted by atomic mass is 10.2. The van der Waals surface area contributed by atoms with Gasteiger partial charge in [0, 0.05) is 44.9 Å². The number of amides is 1. The van der Waals surface area contributed by atoms with Crippen molar-refractivity contribution in [3.05, 3.63) is 55.5 Å². The van der Waals surface area contributed by atoms with Crippen LogP contribution in [0.5, 0.6) is 0 Å². The van der Waals surface area contributed by atoms with Crippen LogP contribution in [0.2, 0.25) is 0 Å². The first-order valence-electron chi connectivity index (χ1n) is 8.32. The fourth-order valence-corrected chi connectivity index (χ4v) is 3.55. The average Bonchev–Trinajstić information content (AvgIpc) is 3.27. The summed E-state index contributed by atoms with van der Waals surface area (Å²) in [6.07, 6.45) is 3.68. The Balaban J connectivity index is 1.64. The second-order valence-corrected chi connectivity index (χ2v) is 6.87. The Morgan fingerprint density at radius 1 is 1.40 bits per heavy atom. The van der Waals surface area contributed by atoms with Crippen LogP contribution in [-0.2, 0) is 22.6 Å². The van der Waals surface area contributed by atoms with Crippen LogP contribution in [0.1, 0.15) is 24.8 Å². The number of aromatic amines is 1. The number of nitrogens with one attached hydrogen (secondary N) is 1. The molecule has 134 valence electrons. The summed E-state index contributed by atoms with van der Waals surface area (Å²) in [5, 5.41) is 4.02. The van der Waals surface area contributed by atoms with Crippen molar-refractivity contribution in [3.63, 3.8) is 0 Å². The Morgan fingerprint density at radius 3 is 2.96 bits per heavy atom. The summed E-state index contributed by atoms with van der Waals surface area (Å²) in [7, 11) is 0. The van der Waals surface area contributed by atoms with E-state index in [1.807, 2.05) is 16.8 Å². The van der Waals surface area contributed by atoms with Crippen molar-refractivity contribution in [2.24, 2.45) is 0 Å². The van der Waals surface area contributed by atoms with Gasteiger partial charge in [-0.1, -0.05) is 0 Å².